The molecule has 3 aliphatic heterocycles. The number of amides is 4. The standard InChI is InChI=1S/C45H50F3N9O6/c1-43(2,63)30-21-32-28(20-33(30)50-39(59)31-7-5-9-36(49-31)45(46,47)48)23-56(52-32)29-12-10-26(11-13-29)41(61)55-18-16-44(17-19-55)24-54(25-44)22-27-6-4-8-34-38(27)53(3)42(62)57(34)35-14-15-37(58)51-40(35)60/h4-9,20-21,23,26,29,35,63H,10-19,22,24-25H2,1-3H3,(H,50,59)(H,51,58,60). The first-order valence-electron chi connectivity index (χ1n) is 21.5. The van der Waals surface area contributed by atoms with Gasteiger partial charge in [-0.15, -0.1) is 0 Å². The van der Waals surface area contributed by atoms with E-state index < -0.39 is 41.0 Å². The van der Waals surface area contributed by atoms with Gasteiger partial charge in [-0.05, 0) is 100 Å². The number of alkyl halides is 3. The van der Waals surface area contributed by atoms with Gasteiger partial charge in [0.1, 0.15) is 17.4 Å². The van der Waals surface area contributed by atoms with E-state index in [0.29, 0.717) is 54.5 Å². The van der Waals surface area contributed by atoms with Gasteiger partial charge in [0.2, 0.25) is 17.7 Å². The largest absolute Gasteiger partial charge is 0.433 e. The third kappa shape index (κ3) is 8.02. The third-order valence-corrected chi connectivity index (χ3v) is 13.6. The summed E-state index contributed by atoms with van der Waals surface area (Å²) in [5, 5.41) is 21.5. The number of para-hydroxylation sites is 1. The number of aryl methyl sites for hydroxylation is 1. The normalized spacial score (nSPS) is 22.1. The Hall–Kier alpha value is -5.88. The summed E-state index contributed by atoms with van der Waals surface area (Å²) in [6, 6.07) is 11.5. The number of fused-ring (bicyclic) bond motifs is 2. The van der Waals surface area contributed by atoms with Crippen LogP contribution in [0.15, 0.2) is 59.5 Å². The van der Waals surface area contributed by atoms with Crippen molar-refractivity contribution in [2.75, 3.05) is 31.5 Å². The zero-order valence-electron chi connectivity index (χ0n) is 35.4. The fraction of sp³-hybridized carbons (Fsp3) is 0.489. The molecule has 18 heteroatoms. The molecular weight excluding hydrogens is 820 g/mol. The number of hydrogen-bond donors (Lipinski definition) is 3. The molecule has 5 aromatic rings. The molecule has 3 N–H and O–H groups in total. The van der Waals surface area contributed by atoms with Crippen LogP contribution in [-0.2, 0) is 39.8 Å². The lowest BCUT2D eigenvalue weighted by Gasteiger charge is -2.54. The van der Waals surface area contributed by atoms with Gasteiger partial charge in [-0.2, -0.15) is 18.3 Å². The van der Waals surface area contributed by atoms with Crippen molar-refractivity contribution in [1.82, 2.24) is 39.0 Å². The number of likely N-dealkylation sites (tertiary alicyclic amines) is 2. The van der Waals surface area contributed by atoms with E-state index in [1.54, 1.807) is 37.6 Å². The van der Waals surface area contributed by atoms with Gasteiger partial charge in [0.05, 0.1) is 28.2 Å². The molecule has 332 valence electrons. The van der Waals surface area contributed by atoms with E-state index in [-0.39, 0.29) is 53.4 Å². The van der Waals surface area contributed by atoms with Gasteiger partial charge in [0.15, 0.2) is 0 Å². The van der Waals surface area contributed by atoms with Gasteiger partial charge in [-0.3, -0.25) is 43.2 Å². The van der Waals surface area contributed by atoms with Crippen LogP contribution in [0, 0.1) is 11.3 Å². The highest BCUT2D eigenvalue weighted by Crippen LogP contribution is 2.43. The van der Waals surface area contributed by atoms with Gasteiger partial charge in [-0.1, -0.05) is 18.2 Å². The molecule has 1 atom stereocenters. The molecule has 1 spiro atoms. The summed E-state index contributed by atoms with van der Waals surface area (Å²) in [5.74, 6) is -1.51. The smallest absolute Gasteiger partial charge is 0.386 e. The molecule has 1 unspecified atom stereocenters. The minimum atomic E-state index is -4.71. The number of hydrogen-bond acceptors (Lipinski definition) is 9. The van der Waals surface area contributed by atoms with Gasteiger partial charge in [0.25, 0.3) is 5.91 Å². The average Bonchev–Trinajstić information content (AvgIpc) is 3.77. The highest BCUT2D eigenvalue weighted by atomic mass is 19.4. The number of anilines is 1. The Balaban J connectivity index is 0.794. The number of aliphatic hydroxyl groups is 1. The van der Waals surface area contributed by atoms with Crippen LogP contribution in [0.3, 0.4) is 0 Å². The van der Waals surface area contributed by atoms with Gasteiger partial charge < -0.3 is 15.3 Å². The number of imide groups is 1. The van der Waals surface area contributed by atoms with E-state index in [1.807, 2.05) is 34.0 Å². The van der Waals surface area contributed by atoms with Crippen molar-refractivity contribution >= 4 is 51.3 Å². The number of nitrogens with one attached hydrogen (secondary N) is 2. The second-order valence-corrected chi connectivity index (χ2v) is 18.4. The van der Waals surface area contributed by atoms with Crippen LogP contribution in [0.4, 0.5) is 18.9 Å². The van der Waals surface area contributed by atoms with Crippen molar-refractivity contribution in [3.8, 4) is 0 Å². The lowest BCUT2D eigenvalue weighted by Crippen LogP contribution is -2.60. The maximum atomic E-state index is 13.8. The van der Waals surface area contributed by atoms with Crippen molar-refractivity contribution in [2.45, 2.75) is 95.6 Å². The molecule has 1 aliphatic carbocycles. The van der Waals surface area contributed by atoms with Crippen molar-refractivity contribution < 1.29 is 37.5 Å². The van der Waals surface area contributed by atoms with Gasteiger partial charge >= 0.3 is 11.9 Å². The predicted octanol–water partition coefficient (Wildman–Crippen LogP) is 5.42. The zero-order chi connectivity index (χ0) is 44.6. The Morgan fingerprint density at radius 2 is 1.68 bits per heavy atom. The average molecular weight is 870 g/mol. The van der Waals surface area contributed by atoms with Crippen molar-refractivity contribution in [1.29, 1.82) is 0 Å². The van der Waals surface area contributed by atoms with Gasteiger partial charge in [-0.25, -0.2) is 9.78 Å². The second kappa shape index (κ2) is 15.7. The minimum absolute atomic E-state index is 0.0363. The Morgan fingerprint density at radius 1 is 0.968 bits per heavy atom. The van der Waals surface area contributed by atoms with Crippen LogP contribution >= 0.6 is 0 Å². The van der Waals surface area contributed by atoms with Crippen LogP contribution < -0.4 is 16.3 Å². The second-order valence-electron chi connectivity index (χ2n) is 18.4. The van der Waals surface area contributed by atoms with Crippen molar-refractivity contribution in [2.24, 2.45) is 18.4 Å². The summed E-state index contributed by atoms with van der Waals surface area (Å²) in [4.78, 5) is 72.7. The minimum Gasteiger partial charge on any atom is -0.386 e. The summed E-state index contributed by atoms with van der Waals surface area (Å²) < 4.78 is 44.8. The molecular formula is C45H50F3N9O6. The number of halogens is 3. The molecule has 1 saturated carbocycles. The van der Waals surface area contributed by atoms with Gasteiger partial charge in [0, 0.05) is 74.9 Å². The first-order chi connectivity index (χ1) is 29.9. The molecule has 2 aromatic carbocycles. The lowest BCUT2D eigenvalue weighted by molar-refractivity contribution is -0.142. The zero-order valence-corrected chi connectivity index (χ0v) is 35.4. The van der Waals surface area contributed by atoms with Crippen LogP contribution in [0.25, 0.3) is 21.9 Å². The molecule has 4 aliphatic rings. The highest BCUT2D eigenvalue weighted by molar-refractivity contribution is 6.04. The van der Waals surface area contributed by atoms with E-state index in [2.05, 4.69) is 20.5 Å². The molecule has 3 aromatic heterocycles. The Labute approximate surface area is 360 Å². The molecule has 4 amide bonds. The van der Waals surface area contributed by atoms with E-state index in [0.717, 1.165) is 62.0 Å². The van der Waals surface area contributed by atoms with Crippen molar-refractivity contribution in [3.63, 3.8) is 0 Å². The number of carbonyl (C=O) groups is 4. The topological polar surface area (TPSA) is 177 Å². The molecule has 6 heterocycles. The first kappa shape index (κ1) is 42.4. The summed E-state index contributed by atoms with van der Waals surface area (Å²) >= 11 is 0. The first-order valence-corrected chi connectivity index (χ1v) is 21.5. The van der Waals surface area contributed by atoms with E-state index >= 15 is 0 Å². The van der Waals surface area contributed by atoms with Crippen LogP contribution in [0.2, 0.25) is 0 Å². The summed E-state index contributed by atoms with van der Waals surface area (Å²) in [5.41, 5.74) is 0.480. The monoisotopic (exact) mass is 869 g/mol. The summed E-state index contributed by atoms with van der Waals surface area (Å²) in [6.45, 7) is 6.97. The number of carbonyl (C=O) groups excluding carboxylic acids is 4. The highest BCUT2D eigenvalue weighted by Gasteiger charge is 2.46. The van der Waals surface area contributed by atoms with Crippen LogP contribution in [0.5, 0.6) is 0 Å². The number of nitrogens with zero attached hydrogens (tertiary/aromatic N) is 7. The quantitative estimate of drug-likeness (QED) is 0.172. The molecule has 0 bridgehead atoms. The molecule has 15 nitrogen and oxygen atoms in total. The number of benzene rings is 2. The SMILES string of the molecule is Cn1c(=O)n(C2CCC(=O)NC2=O)c2cccc(CN3CC4(CCN(C(=O)C5CCC(n6cc7cc(NC(=O)c8cccc(C(F)(F)F)n8)c(C(C)(C)O)cc7n6)CC5)CC4)C3)c21. The number of rotatable bonds is 8. The van der Waals surface area contributed by atoms with Crippen LogP contribution in [-0.4, -0.2) is 88.6 Å². The molecule has 0 radical (unpaired) electrons. The molecule has 9 rings (SSSR count). The summed E-state index contributed by atoms with van der Waals surface area (Å²) in [6.07, 6.45) is 2.38. The number of aromatic nitrogens is 5. The third-order valence-electron chi connectivity index (χ3n) is 13.6. The maximum Gasteiger partial charge on any atom is 0.433 e. The maximum absolute atomic E-state index is 13.8. The molecule has 63 heavy (non-hydrogen) atoms. The van der Waals surface area contributed by atoms with Crippen molar-refractivity contribution in [3.05, 3.63) is 87.7 Å². The Morgan fingerprint density at radius 3 is 2.37 bits per heavy atom. The Bertz CT molecular complexity index is 2710. The Kier molecular flexibility index (Phi) is 10.6. The number of imidazole rings is 1. The van der Waals surface area contributed by atoms with E-state index in [9.17, 15) is 42.3 Å². The lowest BCUT2D eigenvalue weighted by atomic mass is 9.71. The fourth-order valence-corrected chi connectivity index (χ4v) is 10.3. The van der Waals surface area contributed by atoms with Crippen LogP contribution in [0.1, 0.15) is 105 Å². The molecule has 4 fully saturated rings. The number of pyridine rings is 1. The van der Waals surface area contributed by atoms with E-state index in [1.165, 1.54) is 10.6 Å². The number of piperidine rings is 2. The fourth-order valence-electron chi connectivity index (χ4n) is 10.3. The van der Waals surface area contributed by atoms with E-state index in [4.69, 9.17) is 5.10 Å². The molecule has 3 saturated heterocycles. The predicted molar refractivity (Wildman–Crippen MR) is 225 cm³/mol. The summed E-state index contributed by atoms with van der Waals surface area (Å²) in [7, 11) is 1.72.